The summed E-state index contributed by atoms with van der Waals surface area (Å²) in [5.74, 6) is -0.318. The number of rotatable bonds is 4. The Labute approximate surface area is 154 Å². The van der Waals surface area contributed by atoms with Crippen LogP contribution < -0.4 is 16.1 Å². The lowest BCUT2D eigenvalue weighted by Crippen LogP contribution is -2.26. The van der Waals surface area contributed by atoms with E-state index in [1.807, 2.05) is 12.1 Å². The molecule has 0 aliphatic rings. The smallest absolute Gasteiger partial charge is 0.189 e. The zero-order valence-corrected chi connectivity index (χ0v) is 15.1. The van der Waals surface area contributed by atoms with Gasteiger partial charge in [0.2, 0.25) is 0 Å². The van der Waals surface area contributed by atoms with Crippen LogP contribution in [0.5, 0.6) is 11.5 Å². The zero-order valence-electron chi connectivity index (χ0n) is 15.1. The highest BCUT2D eigenvalue weighted by Gasteiger charge is 2.19. The van der Waals surface area contributed by atoms with Crippen molar-refractivity contribution in [1.82, 2.24) is 15.3 Å². The first kappa shape index (κ1) is 17.2. The van der Waals surface area contributed by atoms with Gasteiger partial charge in [-0.05, 0) is 24.3 Å². The Balaban J connectivity index is 2.11. The van der Waals surface area contributed by atoms with Crippen LogP contribution in [0.1, 0.15) is 13.8 Å². The normalized spacial score (nSPS) is 12.8. The predicted molar refractivity (Wildman–Crippen MR) is 105 cm³/mol. The van der Waals surface area contributed by atoms with E-state index in [0.717, 1.165) is 5.52 Å². The third-order valence-electron chi connectivity index (χ3n) is 4.64. The van der Waals surface area contributed by atoms with Crippen LogP contribution in [-0.4, -0.2) is 39.3 Å². The highest BCUT2D eigenvalue weighted by atomic mass is 16.3. The van der Waals surface area contributed by atoms with E-state index in [0.29, 0.717) is 40.8 Å². The highest BCUT2D eigenvalue weighted by molar-refractivity contribution is 6.23. The minimum atomic E-state index is -0.302. The molecule has 27 heavy (non-hydrogen) atoms. The Hall–Kier alpha value is -3.19. The maximum absolute atomic E-state index is 12.5. The van der Waals surface area contributed by atoms with Crippen molar-refractivity contribution in [3.8, 4) is 11.5 Å². The topological polar surface area (TPSA) is 111 Å². The Morgan fingerprint density at radius 1 is 1.11 bits per heavy atom. The van der Waals surface area contributed by atoms with Crippen LogP contribution in [0.25, 0.3) is 32.6 Å². The van der Waals surface area contributed by atoms with E-state index in [-0.39, 0.29) is 27.7 Å². The molecule has 3 aromatic carbocycles. The fourth-order valence-corrected chi connectivity index (χ4v) is 3.45. The number of phenols is 2. The summed E-state index contributed by atoms with van der Waals surface area (Å²) in [7, 11) is 0. The van der Waals surface area contributed by atoms with Gasteiger partial charge in [0.15, 0.2) is 5.43 Å². The molecule has 138 valence electrons. The summed E-state index contributed by atoms with van der Waals surface area (Å²) in [5, 5.41) is 26.6. The number of fused-ring (bicyclic) bond motifs is 2. The zero-order chi connectivity index (χ0) is 19.1. The van der Waals surface area contributed by atoms with Gasteiger partial charge in [0.1, 0.15) is 11.5 Å². The third-order valence-corrected chi connectivity index (χ3v) is 4.64. The van der Waals surface area contributed by atoms with Crippen molar-refractivity contribution in [2.75, 3.05) is 13.1 Å². The molecule has 4 N–H and O–H groups in total. The maximum atomic E-state index is 12.5. The van der Waals surface area contributed by atoms with Crippen molar-refractivity contribution in [3.63, 3.8) is 0 Å². The molecule has 0 saturated heterocycles. The van der Waals surface area contributed by atoms with Crippen molar-refractivity contribution in [2.45, 2.75) is 19.9 Å². The second-order valence-electron chi connectivity index (χ2n) is 6.81. The largest absolute Gasteiger partial charge is 0.507 e. The minimum Gasteiger partial charge on any atom is -0.507 e. The molecule has 1 aromatic heterocycles. The minimum absolute atomic E-state index is 0.109. The van der Waals surface area contributed by atoms with Gasteiger partial charge in [0.25, 0.3) is 0 Å². The molecule has 0 saturated carbocycles. The van der Waals surface area contributed by atoms with E-state index < -0.39 is 0 Å². The van der Waals surface area contributed by atoms with Gasteiger partial charge in [-0.15, -0.1) is 0 Å². The van der Waals surface area contributed by atoms with Crippen LogP contribution in [0, 0.1) is 0 Å². The van der Waals surface area contributed by atoms with Crippen molar-refractivity contribution in [2.24, 2.45) is 4.99 Å². The molecule has 0 unspecified atom stereocenters. The summed E-state index contributed by atoms with van der Waals surface area (Å²) in [6.07, 6.45) is 1.50. The first-order valence-electron chi connectivity index (χ1n) is 8.83. The monoisotopic (exact) mass is 364 g/mol. The molecule has 0 spiro atoms. The number of hydrogen-bond donors (Lipinski definition) is 4. The molecule has 4 aromatic rings. The fourth-order valence-electron chi connectivity index (χ4n) is 3.45. The maximum Gasteiger partial charge on any atom is 0.189 e. The van der Waals surface area contributed by atoms with Crippen LogP contribution >= 0.6 is 0 Å². The summed E-state index contributed by atoms with van der Waals surface area (Å²) in [5.41, 5.74) is 0.863. The van der Waals surface area contributed by atoms with E-state index in [1.54, 1.807) is 0 Å². The van der Waals surface area contributed by atoms with E-state index in [9.17, 15) is 15.0 Å². The van der Waals surface area contributed by atoms with E-state index in [2.05, 4.69) is 34.1 Å². The molecule has 0 fully saturated rings. The van der Waals surface area contributed by atoms with Crippen molar-refractivity contribution in [3.05, 3.63) is 46.2 Å². The molecular weight excluding hydrogens is 344 g/mol. The molecule has 4 rings (SSSR count). The van der Waals surface area contributed by atoms with E-state index in [1.165, 1.54) is 18.5 Å². The van der Waals surface area contributed by atoms with Crippen LogP contribution in [0.4, 0.5) is 0 Å². The van der Waals surface area contributed by atoms with Crippen molar-refractivity contribution < 1.29 is 10.2 Å². The van der Waals surface area contributed by atoms with Gasteiger partial charge in [0, 0.05) is 23.5 Å². The number of nitrogens with one attached hydrogen (secondary N) is 2. The molecule has 0 aliphatic carbocycles. The molecular formula is C20H20N4O3. The number of phenolic OH excluding ortho intramolecular Hbond substituents is 2. The third kappa shape index (κ3) is 2.76. The number of aromatic nitrogens is 2. The van der Waals surface area contributed by atoms with Crippen molar-refractivity contribution in [1.29, 1.82) is 0 Å². The predicted octanol–water partition coefficient (Wildman–Crippen LogP) is 1.98. The quantitative estimate of drug-likeness (QED) is 0.251. The average Bonchev–Trinajstić information content (AvgIpc) is 2.65. The Bertz CT molecular complexity index is 1280. The summed E-state index contributed by atoms with van der Waals surface area (Å²) in [4.78, 5) is 24.4. The number of nitrogens with zero attached hydrogens (tertiary/aromatic N) is 2. The Morgan fingerprint density at radius 3 is 2.70 bits per heavy atom. The molecule has 0 aliphatic heterocycles. The van der Waals surface area contributed by atoms with Crippen LogP contribution in [0.2, 0.25) is 0 Å². The molecule has 7 nitrogen and oxygen atoms in total. The fraction of sp³-hybridized carbons (Fsp3) is 0.250. The average molecular weight is 364 g/mol. The SMILES string of the molecule is CC(C)NCCN=c1ccc2[nH]cnc3c4c(=O)ccc(O)c4c(O)c1c23. The molecule has 7 heteroatoms. The number of hydrogen-bond acceptors (Lipinski definition) is 6. The van der Waals surface area contributed by atoms with Gasteiger partial charge in [-0.3, -0.25) is 9.79 Å². The highest BCUT2D eigenvalue weighted by Crippen LogP contribution is 2.39. The van der Waals surface area contributed by atoms with E-state index >= 15 is 0 Å². The molecule has 0 radical (unpaired) electrons. The first-order chi connectivity index (χ1) is 13.0. The van der Waals surface area contributed by atoms with Crippen LogP contribution in [-0.2, 0) is 0 Å². The van der Waals surface area contributed by atoms with Gasteiger partial charge in [-0.1, -0.05) is 13.8 Å². The summed E-state index contributed by atoms with van der Waals surface area (Å²) in [6, 6.07) is 6.60. The van der Waals surface area contributed by atoms with Gasteiger partial charge in [-0.25, -0.2) is 4.98 Å². The number of aromatic hydroxyl groups is 2. The van der Waals surface area contributed by atoms with Gasteiger partial charge in [-0.2, -0.15) is 0 Å². The number of aromatic amines is 1. The van der Waals surface area contributed by atoms with E-state index in [4.69, 9.17) is 0 Å². The van der Waals surface area contributed by atoms with Crippen LogP contribution in [0.3, 0.4) is 0 Å². The number of H-pyrrole nitrogens is 1. The Kier molecular flexibility index (Phi) is 4.16. The van der Waals surface area contributed by atoms with Crippen LogP contribution in [0.15, 0.2) is 40.4 Å². The van der Waals surface area contributed by atoms with Gasteiger partial charge < -0.3 is 20.5 Å². The van der Waals surface area contributed by atoms with Gasteiger partial charge >= 0.3 is 0 Å². The molecule has 0 atom stereocenters. The van der Waals surface area contributed by atoms with Gasteiger partial charge in [0.05, 0.1) is 39.9 Å². The molecule has 0 bridgehead atoms. The second kappa shape index (κ2) is 6.51. The molecule has 1 heterocycles. The summed E-state index contributed by atoms with van der Waals surface area (Å²) >= 11 is 0. The van der Waals surface area contributed by atoms with Crippen molar-refractivity contribution >= 4 is 32.6 Å². The second-order valence-corrected chi connectivity index (χ2v) is 6.81. The Morgan fingerprint density at radius 2 is 1.93 bits per heavy atom. The molecule has 0 amide bonds. The lowest BCUT2D eigenvalue weighted by molar-refractivity contribution is 0.467. The lowest BCUT2D eigenvalue weighted by atomic mass is 9.98. The standard InChI is InChI=1S/C20H20N4O3/c1-10(2)21-7-8-22-12-4-3-11-15-16(12)20(27)18-14(26)6-5-13(25)17(18)19(15)24-9-23-11/h3-6,9-10,21,26-27H,7-8H2,1-2H3,(H,23,24). The lowest BCUT2D eigenvalue weighted by Gasteiger charge is -2.12. The summed E-state index contributed by atoms with van der Waals surface area (Å²) < 4.78 is 0. The first-order valence-corrected chi connectivity index (χ1v) is 8.83. The number of benzene rings is 3. The summed E-state index contributed by atoms with van der Waals surface area (Å²) in [6.45, 7) is 5.36.